The van der Waals surface area contributed by atoms with E-state index in [1.165, 1.54) is 0 Å². The summed E-state index contributed by atoms with van der Waals surface area (Å²) in [4.78, 5) is 23.7. The molecule has 4 nitrogen and oxygen atoms in total. The van der Waals surface area contributed by atoms with Gasteiger partial charge in [0.1, 0.15) is 12.3 Å². The van der Waals surface area contributed by atoms with Crippen LogP contribution in [-0.2, 0) is 9.59 Å². The van der Waals surface area contributed by atoms with Gasteiger partial charge in [0.25, 0.3) is 0 Å². The van der Waals surface area contributed by atoms with Crippen LogP contribution in [0.1, 0.15) is 12.8 Å². The molecule has 1 aliphatic rings. The Kier molecular flexibility index (Phi) is 4.28. The summed E-state index contributed by atoms with van der Waals surface area (Å²) in [5.41, 5.74) is 0. The predicted octanol–water partition coefficient (Wildman–Crippen LogP) is 0.330. The lowest BCUT2D eigenvalue weighted by atomic mass is 10.1. The van der Waals surface area contributed by atoms with E-state index in [2.05, 4.69) is 0 Å². The maximum Gasteiger partial charge on any atom is 0.405 e. The van der Waals surface area contributed by atoms with Crippen LogP contribution in [0, 0.1) is 0 Å². The van der Waals surface area contributed by atoms with E-state index in [9.17, 15) is 22.8 Å². The largest absolute Gasteiger partial charge is 0.405 e. The molecule has 0 aromatic rings. The monoisotopic (exact) mass is 238 g/mol. The lowest BCUT2D eigenvalue weighted by Crippen LogP contribution is -2.43. The molecule has 16 heavy (non-hydrogen) atoms. The van der Waals surface area contributed by atoms with Crippen molar-refractivity contribution in [3.8, 4) is 0 Å². The first-order chi connectivity index (χ1) is 7.37. The van der Waals surface area contributed by atoms with E-state index in [4.69, 9.17) is 0 Å². The van der Waals surface area contributed by atoms with Crippen LogP contribution < -0.4 is 5.32 Å². The normalized spacial score (nSPS) is 18.6. The number of alkyl halides is 3. The molecule has 1 heterocycles. The fraction of sp³-hybridized carbons (Fsp3) is 0.778. The molecule has 0 aliphatic carbocycles. The van der Waals surface area contributed by atoms with Crippen molar-refractivity contribution in [1.29, 1.82) is 0 Å². The van der Waals surface area contributed by atoms with Gasteiger partial charge in [-0.3, -0.25) is 14.5 Å². The molecule has 0 unspecified atom stereocenters. The van der Waals surface area contributed by atoms with Gasteiger partial charge in [0.05, 0.1) is 6.54 Å². The standard InChI is InChI=1S/C9H13F3N2O2/c10-9(11,12)6-13-8(16)5-14-3-1-7(15)2-4-14/h1-6H2,(H,13,16). The number of rotatable bonds is 3. The van der Waals surface area contributed by atoms with Gasteiger partial charge in [-0.25, -0.2) is 0 Å². The average Bonchev–Trinajstić information content (AvgIpc) is 2.18. The third-order valence-corrected chi connectivity index (χ3v) is 2.27. The second kappa shape index (κ2) is 5.29. The Morgan fingerprint density at radius 1 is 1.31 bits per heavy atom. The average molecular weight is 238 g/mol. The van der Waals surface area contributed by atoms with E-state index < -0.39 is 18.6 Å². The van der Waals surface area contributed by atoms with Crippen molar-refractivity contribution in [2.24, 2.45) is 0 Å². The number of piperidine rings is 1. The Labute approximate surface area is 90.8 Å². The summed E-state index contributed by atoms with van der Waals surface area (Å²) in [6, 6.07) is 0. The zero-order chi connectivity index (χ0) is 12.2. The summed E-state index contributed by atoms with van der Waals surface area (Å²) in [5, 5.41) is 1.79. The molecule has 1 N–H and O–H groups in total. The van der Waals surface area contributed by atoms with Gasteiger partial charge in [0.15, 0.2) is 0 Å². The maximum absolute atomic E-state index is 11.8. The van der Waals surface area contributed by atoms with Gasteiger partial charge in [-0.15, -0.1) is 0 Å². The van der Waals surface area contributed by atoms with Crippen molar-refractivity contribution >= 4 is 11.7 Å². The van der Waals surface area contributed by atoms with E-state index in [0.29, 0.717) is 25.9 Å². The smallest absolute Gasteiger partial charge is 0.346 e. The molecular formula is C9H13F3N2O2. The van der Waals surface area contributed by atoms with Gasteiger partial charge in [-0.2, -0.15) is 13.2 Å². The minimum atomic E-state index is -4.38. The number of hydrogen-bond acceptors (Lipinski definition) is 3. The number of halogens is 3. The third kappa shape index (κ3) is 5.11. The van der Waals surface area contributed by atoms with Crippen molar-refractivity contribution < 1.29 is 22.8 Å². The van der Waals surface area contributed by atoms with Crippen LogP contribution in [0.15, 0.2) is 0 Å². The molecule has 7 heteroatoms. The molecule has 0 aromatic carbocycles. The molecule has 0 bridgehead atoms. The molecule has 92 valence electrons. The third-order valence-electron chi connectivity index (χ3n) is 2.27. The van der Waals surface area contributed by atoms with Crippen molar-refractivity contribution in [3.05, 3.63) is 0 Å². The lowest BCUT2D eigenvalue weighted by Gasteiger charge is -2.25. The SMILES string of the molecule is O=C1CCN(CC(=O)NCC(F)(F)F)CC1. The van der Waals surface area contributed by atoms with Crippen LogP contribution in [0.5, 0.6) is 0 Å². The number of amides is 1. The minimum absolute atomic E-state index is 0.0800. The van der Waals surface area contributed by atoms with Crippen molar-refractivity contribution in [3.63, 3.8) is 0 Å². The van der Waals surface area contributed by atoms with Gasteiger partial charge >= 0.3 is 6.18 Å². The van der Waals surface area contributed by atoms with Crippen LogP contribution in [0.4, 0.5) is 13.2 Å². The van der Waals surface area contributed by atoms with Crippen molar-refractivity contribution in [2.75, 3.05) is 26.2 Å². The van der Waals surface area contributed by atoms with Crippen LogP contribution in [-0.4, -0.2) is 48.9 Å². The highest BCUT2D eigenvalue weighted by Crippen LogP contribution is 2.12. The molecule has 1 amide bonds. The van der Waals surface area contributed by atoms with E-state index in [1.807, 2.05) is 0 Å². The molecule has 0 atom stereocenters. The van der Waals surface area contributed by atoms with Crippen molar-refractivity contribution in [2.45, 2.75) is 19.0 Å². The molecule has 1 aliphatic heterocycles. The minimum Gasteiger partial charge on any atom is -0.346 e. The Balaban J connectivity index is 2.22. The Bertz CT molecular complexity index is 268. The maximum atomic E-state index is 11.8. The number of hydrogen-bond donors (Lipinski definition) is 1. The summed E-state index contributed by atoms with van der Waals surface area (Å²) in [5.74, 6) is -0.529. The molecule has 0 saturated carbocycles. The van der Waals surface area contributed by atoms with Crippen LogP contribution in [0.2, 0.25) is 0 Å². The van der Waals surface area contributed by atoms with E-state index in [-0.39, 0.29) is 12.3 Å². The molecule has 0 radical (unpaired) electrons. The summed E-state index contributed by atoms with van der Waals surface area (Å²) in [6.07, 6.45) is -3.65. The number of ketones is 1. The zero-order valence-corrected chi connectivity index (χ0v) is 8.64. The fourth-order valence-corrected chi connectivity index (χ4v) is 1.42. The van der Waals surface area contributed by atoms with Gasteiger partial charge in [-0.05, 0) is 0 Å². The number of nitrogens with zero attached hydrogens (tertiary/aromatic N) is 1. The Morgan fingerprint density at radius 3 is 2.38 bits per heavy atom. The van der Waals surface area contributed by atoms with Gasteiger partial charge in [-0.1, -0.05) is 0 Å². The van der Waals surface area contributed by atoms with Crippen LogP contribution in [0.3, 0.4) is 0 Å². The topological polar surface area (TPSA) is 49.4 Å². The molecular weight excluding hydrogens is 225 g/mol. The molecule has 0 spiro atoms. The van der Waals surface area contributed by atoms with E-state index in [0.717, 1.165) is 0 Å². The van der Waals surface area contributed by atoms with Gasteiger partial charge in [0, 0.05) is 25.9 Å². The number of carbonyl (C=O) groups excluding carboxylic acids is 2. The highest BCUT2D eigenvalue weighted by atomic mass is 19.4. The van der Waals surface area contributed by atoms with Crippen LogP contribution in [0.25, 0.3) is 0 Å². The number of carbonyl (C=O) groups is 2. The lowest BCUT2D eigenvalue weighted by molar-refractivity contribution is -0.139. The number of nitrogens with one attached hydrogen (secondary N) is 1. The predicted molar refractivity (Wildman–Crippen MR) is 49.7 cm³/mol. The van der Waals surface area contributed by atoms with Gasteiger partial charge in [0.2, 0.25) is 5.91 Å². The van der Waals surface area contributed by atoms with E-state index >= 15 is 0 Å². The van der Waals surface area contributed by atoms with E-state index in [1.54, 1.807) is 10.2 Å². The highest BCUT2D eigenvalue weighted by Gasteiger charge is 2.28. The Hall–Kier alpha value is -1.11. The van der Waals surface area contributed by atoms with Gasteiger partial charge < -0.3 is 5.32 Å². The first-order valence-corrected chi connectivity index (χ1v) is 4.94. The molecule has 1 rings (SSSR count). The number of Topliss-reactive ketones (excluding diaryl/α,β-unsaturated/α-hetero) is 1. The number of likely N-dealkylation sites (tertiary alicyclic amines) is 1. The molecule has 1 fully saturated rings. The first-order valence-electron chi connectivity index (χ1n) is 4.94. The summed E-state index contributed by atoms with van der Waals surface area (Å²) >= 11 is 0. The first kappa shape index (κ1) is 13.0. The second-order valence-corrected chi connectivity index (χ2v) is 3.71. The summed E-state index contributed by atoms with van der Waals surface area (Å²) in [6.45, 7) is -0.501. The van der Waals surface area contributed by atoms with Crippen molar-refractivity contribution in [1.82, 2.24) is 10.2 Å². The summed E-state index contributed by atoms with van der Waals surface area (Å²) < 4.78 is 35.3. The zero-order valence-electron chi connectivity index (χ0n) is 8.64. The summed E-state index contributed by atoms with van der Waals surface area (Å²) in [7, 11) is 0. The fourth-order valence-electron chi connectivity index (χ4n) is 1.42. The highest BCUT2D eigenvalue weighted by molar-refractivity contribution is 5.81. The van der Waals surface area contributed by atoms with Crippen LogP contribution >= 0.6 is 0 Å². The quantitative estimate of drug-likeness (QED) is 0.770. The second-order valence-electron chi connectivity index (χ2n) is 3.71. The Morgan fingerprint density at radius 2 is 1.88 bits per heavy atom. The molecule has 1 saturated heterocycles. The molecule has 0 aromatic heterocycles.